The Bertz CT molecular complexity index is 90.7. The molecule has 52 valence electrons. The monoisotopic (exact) mass is 151 g/mol. The van der Waals surface area contributed by atoms with Gasteiger partial charge in [-0.25, -0.2) is 13.6 Å². The van der Waals surface area contributed by atoms with Crippen molar-refractivity contribution in [3.05, 3.63) is 0 Å². The summed E-state index contributed by atoms with van der Waals surface area (Å²) in [6.45, 7) is -3.67. The molecule has 0 amide bonds. The van der Waals surface area contributed by atoms with Gasteiger partial charge in [0, 0.05) is 0 Å². The van der Waals surface area contributed by atoms with E-state index in [2.05, 4.69) is 5.14 Å². The lowest BCUT2D eigenvalue weighted by Crippen LogP contribution is -1.85. The third-order valence-corrected chi connectivity index (χ3v) is 0. The Hall–Kier alpha value is -0.300. The molecule has 0 unspecified atom stereocenters. The standard InChI is InChI=1S/CHF3.H3NO2S/c2-1(3)4;1-4(2)3/h1H;4H,(H2,1,2,3). The van der Waals surface area contributed by atoms with Gasteiger partial charge < -0.3 is 0 Å². The van der Waals surface area contributed by atoms with Crippen molar-refractivity contribution in [3.8, 4) is 0 Å². The van der Waals surface area contributed by atoms with Crippen LogP contribution >= 0.6 is 0 Å². The van der Waals surface area contributed by atoms with Gasteiger partial charge >= 0.3 is 6.68 Å². The van der Waals surface area contributed by atoms with Gasteiger partial charge in [0.1, 0.15) is 0 Å². The number of nitrogens with two attached hydrogens (primary N) is 1. The van der Waals surface area contributed by atoms with Crippen LogP contribution in [0.15, 0.2) is 0 Å². The average molecular weight is 151 g/mol. The lowest BCUT2D eigenvalue weighted by molar-refractivity contribution is 0.00819. The Kier molecular flexibility index (Phi) is 8.91. The molecule has 0 aliphatic heterocycles. The summed E-state index contributed by atoms with van der Waals surface area (Å²) in [4.78, 5) is 0. The van der Waals surface area contributed by atoms with Crippen LogP contribution in [0.25, 0.3) is 0 Å². The van der Waals surface area contributed by atoms with Crippen LogP contribution in [0.1, 0.15) is 0 Å². The second-order valence-corrected chi connectivity index (χ2v) is 1.10. The van der Waals surface area contributed by atoms with Crippen molar-refractivity contribution in [3.63, 3.8) is 0 Å². The molecule has 0 aromatic carbocycles. The van der Waals surface area contributed by atoms with Crippen LogP contribution in [0.3, 0.4) is 0 Å². The van der Waals surface area contributed by atoms with Gasteiger partial charge in [0.25, 0.3) is 0 Å². The van der Waals surface area contributed by atoms with Gasteiger partial charge in [0.05, 0.1) is 0 Å². The van der Waals surface area contributed by atoms with Gasteiger partial charge in [0.15, 0.2) is 10.9 Å². The van der Waals surface area contributed by atoms with Crippen LogP contribution in [0.4, 0.5) is 13.2 Å². The molecule has 0 saturated heterocycles. The number of hydrogen-bond donors (Lipinski definition) is 2. The topological polar surface area (TPSA) is 60.2 Å². The van der Waals surface area contributed by atoms with Gasteiger partial charge in [-0.05, 0) is 0 Å². The third kappa shape index (κ3) is 1400. The summed E-state index contributed by atoms with van der Waals surface area (Å²) in [6.07, 6.45) is 0. The fourth-order valence-electron chi connectivity index (χ4n) is 0. The minimum atomic E-state index is -3.67. The van der Waals surface area contributed by atoms with Crippen LogP contribution in [0.5, 0.6) is 0 Å². The van der Waals surface area contributed by atoms with Gasteiger partial charge in [-0.2, -0.15) is 13.2 Å². The summed E-state index contributed by atoms with van der Waals surface area (Å²) < 4.78 is 46.6. The SMILES string of the molecule is FC(F)F.N[SH](=O)=O. The Labute approximate surface area is 45.4 Å². The van der Waals surface area contributed by atoms with Gasteiger partial charge in [-0.1, -0.05) is 0 Å². The third-order valence-electron chi connectivity index (χ3n) is 0. The van der Waals surface area contributed by atoms with E-state index in [4.69, 9.17) is 8.42 Å². The van der Waals surface area contributed by atoms with Crippen LogP contribution in [-0.4, -0.2) is 15.1 Å². The molecule has 0 radical (unpaired) electrons. The molecule has 3 nitrogen and oxygen atoms in total. The van der Waals surface area contributed by atoms with Gasteiger partial charge in [-0.3, -0.25) is 0 Å². The minimum absolute atomic E-state index is 2.62. The first kappa shape index (κ1) is 10.6. The Morgan fingerprint density at radius 1 is 1.25 bits per heavy atom. The van der Waals surface area contributed by atoms with Crippen molar-refractivity contribution in [2.24, 2.45) is 5.14 Å². The van der Waals surface area contributed by atoms with E-state index in [-0.39, 0.29) is 0 Å². The molecule has 0 heterocycles. The normalized spacial score (nSPS) is 8.75. The molecule has 7 heteroatoms. The van der Waals surface area contributed by atoms with Crippen molar-refractivity contribution < 1.29 is 21.6 Å². The maximum Gasteiger partial charge on any atom is 0.379 e. The average Bonchev–Trinajstić information content (AvgIpc) is 1.25. The number of halogens is 3. The van der Waals surface area contributed by atoms with Crippen molar-refractivity contribution >= 4 is 10.9 Å². The molecule has 0 bridgehead atoms. The Morgan fingerprint density at radius 3 is 1.25 bits per heavy atom. The van der Waals surface area contributed by atoms with E-state index in [9.17, 15) is 13.2 Å². The summed E-state index contributed by atoms with van der Waals surface area (Å²) >= 11 is 0. The van der Waals surface area contributed by atoms with Crippen molar-refractivity contribution in [1.29, 1.82) is 0 Å². The Balaban J connectivity index is 0. The number of rotatable bonds is 0. The zero-order valence-electron chi connectivity index (χ0n) is 3.55. The molecule has 0 spiro atoms. The zero-order valence-corrected chi connectivity index (χ0v) is 4.45. The molecule has 0 aliphatic carbocycles. The summed E-state index contributed by atoms with van der Waals surface area (Å²) in [6, 6.07) is 0. The minimum Gasteiger partial charge on any atom is -0.231 e. The second kappa shape index (κ2) is 6.70. The maximum atomic E-state index is 9.67. The largest absolute Gasteiger partial charge is 0.379 e. The molecule has 0 aromatic heterocycles. The van der Waals surface area contributed by atoms with Crippen LogP contribution in [0, 0.1) is 0 Å². The summed E-state index contributed by atoms with van der Waals surface area (Å²) in [7, 11) is -2.62. The lowest BCUT2D eigenvalue weighted by atomic mass is 11.6. The molecule has 0 atom stereocenters. The zero-order chi connectivity index (χ0) is 7.15. The summed E-state index contributed by atoms with van der Waals surface area (Å²) in [5.74, 6) is 0. The second-order valence-electron chi connectivity index (χ2n) is 0.533. The molecule has 2 N–H and O–H groups in total. The van der Waals surface area contributed by atoms with E-state index in [1.807, 2.05) is 0 Å². The summed E-state index contributed by atoms with van der Waals surface area (Å²) in [5.41, 5.74) is 0. The highest BCUT2D eigenvalue weighted by Gasteiger charge is 1.86. The van der Waals surface area contributed by atoms with Crippen LogP contribution in [0.2, 0.25) is 0 Å². The number of alkyl halides is 3. The molecule has 0 aliphatic rings. The van der Waals surface area contributed by atoms with E-state index >= 15 is 0 Å². The molecule has 0 fully saturated rings. The molecule has 0 aromatic rings. The molecule has 0 rings (SSSR count). The first-order chi connectivity index (χ1) is 3.46. The highest BCUT2D eigenvalue weighted by atomic mass is 32.2. The predicted octanol–water partition coefficient (Wildman–Crippen LogP) is -0.350. The predicted molar refractivity (Wildman–Crippen MR) is 21.6 cm³/mol. The molecule has 8 heavy (non-hydrogen) atoms. The van der Waals surface area contributed by atoms with E-state index in [0.29, 0.717) is 0 Å². The van der Waals surface area contributed by atoms with Crippen LogP contribution in [-0.2, 0) is 10.9 Å². The molecular weight excluding hydrogens is 147 g/mol. The first-order valence-corrected chi connectivity index (χ1v) is 2.52. The van der Waals surface area contributed by atoms with E-state index in [1.54, 1.807) is 0 Å². The first-order valence-electron chi connectivity index (χ1n) is 1.28. The lowest BCUT2D eigenvalue weighted by Gasteiger charge is -1.65. The summed E-state index contributed by atoms with van der Waals surface area (Å²) in [5, 5.41) is 4.06. The fourth-order valence-corrected chi connectivity index (χ4v) is 0. The van der Waals surface area contributed by atoms with E-state index < -0.39 is 17.6 Å². The van der Waals surface area contributed by atoms with Crippen molar-refractivity contribution in [2.45, 2.75) is 6.68 Å². The van der Waals surface area contributed by atoms with E-state index in [1.165, 1.54) is 0 Å². The van der Waals surface area contributed by atoms with E-state index in [0.717, 1.165) is 0 Å². The van der Waals surface area contributed by atoms with Crippen molar-refractivity contribution in [1.82, 2.24) is 0 Å². The van der Waals surface area contributed by atoms with Gasteiger partial charge in [0.2, 0.25) is 0 Å². The quantitative estimate of drug-likeness (QED) is 0.465. The number of thiol groups is 1. The van der Waals surface area contributed by atoms with Crippen LogP contribution < -0.4 is 5.14 Å². The van der Waals surface area contributed by atoms with Crippen molar-refractivity contribution in [2.75, 3.05) is 0 Å². The number of hydrogen-bond acceptors (Lipinski definition) is 2. The fraction of sp³-hybridized carbons (Fsp3) is 1.00. The highest BCUT2D eigenvalue weighted by molar-refractivity contribution is 7.69. The molecule has 0 saturated carbocycles. The highest BCUT2D eigenvalue weighted by Crippen LogP contribution is 1.87. The molecular formula is CH4F3NO2S. The Morgan fingerprint density at radius 2 is 1.25 bits per heavy atom. The smallest absolute Gasteiger partial charge is 0.231 e. The maximum absolute atomic E-state index is 9.67. The van der Waals surface area contributed by atoms with Gasteiger partial charge in [-0.15, -0.1) is 0 Å².